The largest absolute Gasteiger partial charge is 0.305 e. The fourth-order valence-electron chi connectivity index (χ4n) is 3.51. The molecule has 0 spiro atoms. The van der Waals surface area contributed by atoms with Crippen molar-refractivity contribution in [3.05, 3.63) is 43.3 Å². The van der Waals surface area contributed by atoms with Gasteiger partial charge < -0.3 is 4.90 Å². The number of fused-ring (bicyclic) bond motifs is 3. The summed E-state index contributed by atoms with van der Waals surface area (Å²) in [5.74, 6) is 0.00801. The Morgan fingerprint density at radius 1 is 1.17 bits per heavy atom. The molecule has 0 radical (unpaired) electrons. The minimum absolute atomic E-state index is 0.00801. The van der Waals surface area contributed by atoms with Crippen molar-refractivity contribution >= 4 is 45.1 Å². The van der Waals surface area contributed by atoms with E-state index in [0.717, 1.165) is 30.4 Å². The zero-order chi connectivity index (χ0) is 16.0. The summed E-state index contributed by atoms with van der Waals surface area (Å²) in [4.78, 5) is 32.5. The average molecular weight is 391 g/mol. The van der Waals surface area contributed by atoms with Crippen molar-refractivity contribution in [2.75, 3.05) is 11.4 Å². The van der Waals surface area contributed by atoms with Gasteiger partial charge in [-0.1, -0.05) is 0 Å². The Morgan fingerprint density at radius 3 is 2.83 bits per heavy atom. The second-order valence-electron chi connectivity index (χ2n) is 5.90. The summed E-state index contributed by atoms with van der Waals surface area (Å²) in [6, 6.07) is 0. The highest BCUT2D eigenvalue weighted by molar-refractivity contribution is 9.10. The number of halogens is 1. The molecule has 0 aromatic carbocycles. The van der Waals surface area contributed by atoms with Gasteiger partial charge >= 0.3 is 0 Å². The predicted molar refractivity (Wildman–Crippen MR) is 93.7 cm³/mol. The third kappa shape index (κ3) is 2.35. The van der Waals surface area contributed by atoms with Gasteiger partial charge in [-0.3, -0.25) is 14.6 Å². The van der Waals surface area contributed by atoms with Gasteiger partial charge in [0.1, 0.15) is 0 Å². The molecular weight excluding hydrogens is 376 g/mol. The number of carbonyl (C=O) groups is 2. The van der Waals surface area contributed by atoms with E-state index >= 15 is 0 Å². The lowest BCUT2D eigenvalue weighted by Crippen LogP contribution is -2.37. The summed E-state index contributed by atoms with van der Waals surface area (Å²) in [6.07, 6.45) is 9.46. The lowest BCUT2D eigenvalue weighted by molar-refractivity contribution is 0.0984. The number of hydrogen-bond donors (Lipinski definition) is 0. The van der Waals surface area contributed by atoms with Crippen LogP contribution in [0.5, 0.6) is 0 Å². The van der Waals surface area contributed by atoms with Gasteiger partial charge in [-0.05, 0) is 59.2 Å². The number of rotatable bonds is 2. The van der Waals surface area contributed by atoms with Crippen LogP contribution in [-0.2, 0) is 19.3 Å². The molecule has 0 N–H and O–H groups in total. The number of aromatic nitrogens is 1. The molecule has 0 atom stereocenters. The van der Waals surface area contributed by atoms with Gasteiger partial charge in [-0.15, -0.1) is 11.3 Å². The standard InChI is InChI=1S/C17H15BrN2O2S/c18-13-7-19-8-14(12(13)9-21)20-6-5-11-10-3-1-2-4-15(10)23-16(11)17(20)22/h7-9H,1-6H2. The van der Waals surface area contributed by atoms with Crippen molar-refractivity contribution in [1.82, 2.24) is 4.98 Å². The van der Waals surface area contributed by atoms with Crippen molar-refractivity contribution in [2.24, 2.45) is 0 Å². The highest BCUT2D eigenvalue weighted by atomic mass is 79.9. The zero-order valence-electron chi connectivity index (χ0n) is 12.5. The molecule has 0 bridgehead atoms. The molecule has 0 saturated carbocycles. The Balaban J connectivity index is 1.77. The number of amides is 1. The fourth-order valence-corrected chi connectivity index (χ4v) is 5.31. The van der Waals surface area contributed by atoms with Crippen LogP contribution in [-0.4, -0.2) is 23.7 Å². The number of thiophene rings is 1. The summed E-state index contributed by atoms with van der Waals surface area (Å²) in [5, 5.41) is 0. The van der Waals surface area contributed by atoms with E-state index in [1.807, 2.05) is 0 Å². The molecule has 1 amide bonds. The molecule has 1 aliphatic heterocycles. The van der Waals surface area contributed by atoms with Gasteiger partial charge in [-0.2, -0.15) is 0 Å². The Hall–Kier alpha value is -1.53. The SMILES string of the molecule is O=Cc1c(Br)cncc1N1CCc2c(sc3c2CCCC3)C1=O. The summed E-state index contributed by atoms with van der Waals surface area (Å²) in [6.45, 7) is 0.605. The molecule has 0 unspecified atom stereocenters. The van der Waals surface area contributed by atoms with Crippen LogP contribution in [0.15, 0.2) is 16.9 Å². The third-order valence-corrected chi connectivity index (χ3v) is 6.59. The molecule has 0 saturated heterocycles. The molecule has 2 aliphatic rings. The van der Waals surface area contributed by atoms with Crippen LogP contribution in [0.1, 0.15) is 48.9 Å². The molecule has 3 heterocycles. The van der Waals surface area contributed by atoms with Gasteiger partial charge in [0.25, 0.3) is 5.91 Å². The van der Waals surface area contributed by atoms with E-state index in [1.54, 1.807) is 28.6 Å². The maximum atomic E-state index is 13.0. The van der Waals surface area contributed by atoms with Crippen molar-refractivity contribution < 1.29 is 9.59 Å². The summed E-state index contributed by atoms with van der Waals surface area (Å²) in [7, 11) is 0. The van der Waals surface area contributed by atoms with Crippen LogP contribution in [0.4, 0.5) is 5.69 Å². The van der Waals surface area contributed by atoms with E-state index in [2.05, 4.69) is 20.9 Å². The fraction of sp³-hybridized carbons (Fsp3) is 0.353. The maximum Gasteiger partial charge on any atom is 0.268 e. The minimum Gasteiger partial charge on any atom is -0.305 e. The zero-order valence-corrected chi connectivity index (χ0v) is 14.9. The third-order valence-electron chi connectivity index (χ3n) is 4.63. The Bertz CT molecular complexity index is 815. The molecule has 1 aliphatic carbocycles. The maximum absolute atomic E-state index is 13.0. The van der Waals surface area contributed by atoms with Crippen molar-refractivity contribution in [1.29, 1.82) is 0 Å². The molecule has 2 aromatic rings. The lowest BCUT2D eigenvalue weighted by atomic mass is 9.92. The summed E-state index contributed by atoms with van der Waals surface area (Å²) >= 11 is 4.99. The summed E-state index contributed by atoms with van der Waals surface area (Å²) < 4.78 is 0.620. The van der Waals surface area contributed by atoms with Crippen LogP contribution in [0, 0.1) is 0 Å². The monoisotopic (exact) mass is 390 g/mol. The number of hydrogen-bond acceptors (Lipinski definition) is 4. The number of aldehydes is 1. The van der Waals surface area contributed by atoms with E-state index < -0.39 is 0 Å². The van der Waals surface area contributed by atoms with Crippen LogP contribution in [0.25, 0.3) is 0 Å². The molecule has 2 aromatic heterocycles. The number of nitrogens with zero attached hydrogens (tertiary/aromatic N) is 2. The lowest BCUT2D eigenvalue weighted by Gasteiger charge is -2.28. The number of pyridine rings is 1. The van der Waals surface area contributed by atoms with Crippen LogP contribution < -0.4 is 4.90 Å². The molecule has 118 valence electrons. The predicted octanol–water partition coefficient (Wildman–Crippen LogP) is 3.80. The molecule has 4 nitrogen and oxygen atoms in total. The first-order valence-electron chi connectivity index (χ1n) is 7.74. The van der Waals surface area contributed by atoms with Crippen LogP contribution >= 0.6 is 27.3 Å². The van der Waals surface area contributed by atoms with Crippen molar-refractivity contribution in [2.45, 2.75) is 32.1 Å². The van der Waals surface area contributed by atoms with Crippen LogP contribution in [0.2, 0.25) is 0 Å². The first-order chi connectivity index (χ1) is 11.2. The molecule has 6 heteroatoms. The highest BCUT2D eigenvalue weighted by Crippen LogP contribution is 2.39. The van der Waals surface area contributed by atoms with Gasteiger partial charge in [-0.25, -0.2) is 0 Å². The van der Waals surface area contributed by atoms with E-state index in [0.29, 0.717) is 22.3 Å². The van der Waals surface area contributed by atoms with Gasteiger partial charge in [0, 0.05) is 22.1 Å². The summed E-state index contributed by atoms with van der Waals surface area (Å²) in [5.41, 5.74) is 3.75. The van der Waals surface area contributed by atoms with Crippen LogP contribution in [0.3, 0.4) is 0 Å². The highest BCUT2D eigenvalue weighted by Gasteiger charge is 2.33. The first kappa shape index (κ1) is 15.0. The topological polar surface area (TPSA) is 50.3 Å². The molecule has 0 fully saturated rings. The van der Waals surface area contributed by atoms with Gasteiger partial charge in [0.05, 0.1) is 22.3 Å². The number of carbonyl (C=O) groups excluding carboxylic acids is 2. The molecular formula is C17H15BrN2O2S. The average Bonchev–Trinajstić information content (AvgIpc) is 2.95. The quantitative estimate of drug-likeness (QED) is 0.732. The molecule has 23 heavy (non-hydrogen) atoms. The second-order valence-corrected chi connectivity index (χ2v) is 7.86. The van der Waals surface area contributed by atoms with E-state index in [-0.39, 0.29) is 5.91 Å². The number of aryl methyl sites for hydroxylation is 1. The van der Waals surface area contributed by atoms with E-state index in [9.17, 15) is 9.59 Å². The normalized spacial score (nSPS) is 16.9. The van der Waals surface area contributed by atoms with E-state index in [1.165, 1.54) is 28.8 Å². The minimum atomic E-state index is 0.00801. The van der Waals surface area contributed by atoms with Gasteiger partial charge in [0.15, 0.2) is 6.29 Å². The Labute approximate surface area is 146 Å². The first-order valence-corrected chi connectivity index (χ1v) is 9.35. The second kappa shape index (κ2) is 5.83. The smallest absolute Gasteiger partial charge is 0.268 e. The Kier molecular flexibility index (Phi) is 3.81. The number of anilines is 1. The van der Waals surface area contributed by atoms with Gasteiger partial charge in [0.2, 0.25) is 0 Å². The van der Waals surface area contributed by atoms with Crippen molar-refractivity contribution in [3.63, 3.8) is 0 Å². The Morgan fingerprint density at radius 2 is 2.00 bits per heavy atom. The molecule has 4 rings (SSSR count). The van der Waals surface area contributed by atoms with Crippen molar-refractivity contribution in [3.8, 4) is 0 Å². The van der Waals surface area contributed by atoms with E-state index in [4.69, 9.17) is 0 Å².